The third-order valence-electron chi connectivity index (χ3n) is 4.47. The minimum Gasteiger partial charge on any atom is -0.387 e. The van der Waals surface area contributed by atoms with E-state index < -0.39 is 52.9 Å². The number of nitrogens with two attached hydrogens (primary N) is 2. The summed E-state index contributed by atoms with van der Waals surface area (Å²) >= 11 is 5.82. The number of nitrogens with one attached hydrogen (secondary N) is 1. The molecule has 1 amide bonds. The number of amides is 1. The summed E-state index contributed by atoms with van der Waals surface area (Å²) in [7, 11) is -4.54. The minimum absolute atomic E-state index is 0.00107. The van der Waals surface area contributed by atoms with Gasteiger partial charge < -0.3 is 26.4 Å². The second-order valence-corrected chi connectivity index (χ2v) is 8.62. The summed E-state index contributed by atoms with van der Waals surface area (Å²) < 4.78 is 37.2. The number of carbonyl (C=O) groups is 1. The van der Waals surface area contributed by atoms with Gasteiger partial charge in [-0.3, -0.25) is 13.5 Å². The number of carbonyl (C=O) groups excluding carboxylic acids is 1. The van der Waals surface area contributed by atoms with Crippen molar-refractivity contribution in [2.45, 2.75) is 43.9 Å². The van der Waals surface area contributed by atoms with Crippen LogP contribution in [0.1, 0.15) is 20.1 Å². The Morgan fingerprint density at radius 3 is 2.80 bits per heavy atom. The number of nitrogens with zero attached hydrogens (tertiary/aromatic N) is 4. The number of aromatic nitrogens is 4. The summed E-state index contributed by atoms with van der Waals surface area (Å²) in [5, 5.41) is 20.8. The van der Waals surface area contributed by atoms with E-state index >= 15 is 0 Å². The largest absolute Gasteiger partial charge is 0.387 e. The number of halogens is 1. The molecule has 5 atom stereocenters. The van der Waals surface area contributed by atoms with Gasteiger partial charge in [0.2, 0.25) is 5.28 Å². The molecule has 0 aromatic carbocycles. The van der Waals surface area contributed by atoms with Gasteiger partial charge in [0, 0.05) is 0 Å². The molecule has 1 fully saturated rings. The lowest BCUT2D eigenvalue weighted by Crippen LogP contribution is -2.47. The van der Waals surface area contributed by atoms with Crippen molar-refractivity contribution in [1.82, 2.24) is 24.2 Å². The van der Waals surface area contributed by atoms with Crippen LogP contribution in [0.25, 0.3) is 11.2 Å². The lowest BCUT2D eigenvalue weighted by Gasteiger charge is -2.26. The van der Waals surface area contributed by atoms with Crippen LogP contribution < -0.4 is 16.2 Å². The maximum absolute atomic E-state index is 11.9. The Morgan fingerprint density at radius 1 is 1.50 bits per heavy atom. The number of ether oxygens (including phenoxy) is 1. The molecule has 30 heavy (non-hydrogen) atoms. The quantitative estimate of drug-likeness (QED) is 0.287. The number of anilines is 1. The first kappa shape index (κ1) is 22.5. The second kappa shape index (κ2) is 7.84. The van der Waals surface area contributed by atoms with Crippen molar-refractivity contribution in [1.29, 1.82) is 0 Å². The van der Waals surface area contributed by atoms with Crippen molar-refractivity contribution in [3.63, 3.8) is 0 Å². The van der Waals surface area contributed by atoms with Crippen molar-refractivity contribution < 1.29 is 32.3 Å². The second-order valence-electron chi connectivity index (χ2n) is 6.93. The Hall–Kier alpha value is -2.14. The molecule has 0 radical (unpaired) electrons. The van der Waals surface area contributed by atoms with E-state index in [2.05, 4.69) is 15.0 Å². The van der Waals surface area contributed by atoms with Crippen molar-refractivity contribution in [2.75, 3.05) is 12.3 Å². The van der Waals surface area contributed by atoms with Gasteiger partial charge in [-0.1, -0.05) is 0 Å². The van der Waals surface area contributed by atoms with Crippen LogP contribution in [0.5, 0.6) is 0 Å². The van der Waals surface area contributed by atoms with Gasteiger partial charge in [-0.25, -0.2) is 9.71 Å². The number of aliphatic hydroxyl groups is 2. The third kappa shape index (κ3) is 4.18. The molecule has 14 nitrogen and oxygen atoms in total. The molecule has 166 valence electrons. The zero-order valence-corrected chi connectivity index (χ0v) is 17.3. The lowest BCUT2D eigenvalue weighted by molar-refractivity contribution is -0.121. The average Bonchev–Trinajstić information content (AvgIpc) is 3.15. The summed E-state index contributed by atoms with van der Waals surface area (Å²) in [5.74, 6) is -0.983. The monoisotopic (exact) mass is 465 g/mol. The fourth-order valence-corrected chi connectivity index (χ4v) is 3.86. The topological polar surface area (TPSA) is 218 Å². The number of hydrogen-bond donors (Lipinski definition) is 5. The number of nitrogen functional groups attached to an aromatic ring is 1. The zero-order chi connectivity index (χ0) is 22.4. The van der Waals surface area contributed by atoms with Crippen molar-refractivity contribution >= 4 is 44.8 Å². The normalized spacial score (nSPS) is 28.0. The highest BCUT2D eigenvalue weighted by Gasteiger charge is 2.53. The number of aliphatic hydroxyl groups excluding tert-OH is 2. The fraction of sp³-hybridized carbons (Fsp3) is 0.571. The first-order chi connectivity index (χ1) is 13.8. The highest BCUT2D eigenvalue weighted by molar-refractivity contribution is 7.85. The summed E-state index contributed by atoms with van der Waals surface area (Å²) in [6.07, 6.45) is -3.08. The molecule has 0 saturated carbocycles. The maximum atomic E-state index is 11.9. The number of rotatable bonds is 6. The Kier molecular flexibility index (Phi) is 5.89. The first-order valence-electron chi connectivity index (χ1n) is 8.51. The molecule has 2 aromatic rings. The predicted molar refractivity (Wildman–Crippen MR) is 102 cm³/mol. The number of imidazole rings is 1. The van der Waals surface area contributed by atoms with E-state index in [9.17, 15) is 23.4 Å². The molecule has 16 heteroatoms. The van der Waals surface area contributed by atoms with E-state index in [1.165, 1.54) is 24.7 Å². The van der Waals surface area contributed by atoms with Gasteiger partial charge in [-0.05, 0) is 25.4 Å². The van der Waals surface area contributed by atoms with E-state index in [0.29, 0.717) is 0 Å². The van der Waals surface area contributed by atoms with Crippen molar-refractivity contribution in [3.05, 3.63) is 11.6 Å². The van der Waals surface area contributed by atoms with Gasteiger partial charge in [0.15, 0.2) is 17.7 Å². The van der Waals surface area contributed by atoms with E-state index in [4.69, 9.17) is 32.0 Å². The average molecular weight is 466 g/mol. The molecule has 1 aliphatic heterocycles. The minimum atomic E-state index is -4.54. The van der Waals surface area contributed by atoms with Crippen LogP contribution in [0.3, 0.4) is 0 Å². The predicted octanol–water partition coefficient (Wildman–Crippen LogP) is -2.20. The SMILES string of the molecule is C[C@H](N)C(=O)NS(=O)(=O)OC[C@@]1(C)O[C@@H](n2cnc3c(N)nc(Cl)nc32)[C@H](O)[C@@H]1O. The van der Waals surface area contributed by atoms with Crippen molar-refractivity contribution in [3.8, 4) is 0 Å². The molecule has 3 heterocycles. The molecule has 0 bridgehead atoms. The Bertz CT molecular complexity index is 1080. The Balaban J connectivity index is 1.82. The van der Waals surface area contributed by atoms with Crippen LogP contribution in [-0.2, 0) is 24.0 Å². The van der Waals surface area contributed by atoms with Gasteiger partial charge in [0.1, 0.15) is 23.3 Å². The van der Waals surface area contributed by atoms with Gasteiger partial charge in [-0.2, -0.15) is 18.4 Å². The molecule has 7 N–H and O–H groups in total. The van der Waals surface area contributed by atoms with Crippen LogP contribution in [0, 0.1) is 0 Å². The first-order valence-corrected chi connectivity index (χ1v) is 10.3. The third-order valence-corrected chi connectivity index (χ3v) is 5.51. The molecular weight excluding hydrogens is 446 g/mol. The van der Waals surface area contributed by atoms with Crippen molar-refractivity contribution in [2.24, 2.45) is 5.73 Å². The molecule has 3 rings (SSSR count). The van der Waals surface area contributed by atoms with Crippen LogP contribution >= 0.6 is 11.6 Å². The number of hydrogen-bond acceptors (Lipinski definition) is 12. The van der Waals surface area contributed by atoms with Gasteiger partial charge in [0.05, 0.1) is 19.0 Å². The molecule has 0 spiro atoms. The van der Waals surface area contributed by atoms with Gasteiger partial charge in [-0.15, -0.1) is 0 Å². The van der Waals surface area contributed by atoms with E-state index in [0.717, 1.165) is 0 Å². The smallest absolute Gasteiger partial charge is 0.362 e. The van der Waals surface area contributed by atoms with Gasteiger partial charge >= 0.3 is 10.3 Å². The molecule has 0 aliphatic carbocycles. The molecule has 0 unspecified atom stereocenters. The standard InChI is InChI=1S/C14H20ClN7O7S/c1-5(16)11(25)21-30(26,27)28-3-14(2)8(24)7(23)12(29-14)22-4-18-6-9(17)19-13(15)20-10(6)22/h4-5,7-8,12,23-24H,3,16H2,1-2H3,(H,21,25)(H2,17,19,20)/t5-,7+,8-,12+,14+/m0/s1. The van der Waals surface area contributed by atoms with E-state index in [-0.39, 0.29) is 22.3 Å². The van der Waals surface area contributed by atoms with Gasteiger partial charge in [0.25, 0.3) is 5.91 Å². The highest BCUT2D eigenvalue weighted by atomic mass is 35.5. The summed E-state index contributed by atoms with van der Waals surface area (Å²) in [4.78, 5) is 23.3. The molecule has 2 aromatic heterocycles. The Labute approximate surface area is 175 Å². The molecular formula is C14H20ClN7O7S. The summed E-state index contributed by atoms with van der Waals surface area (Å²) in [5.41, 5.74) is 9.68. The summed E-state index contributed by atoms with van der Waals surface area (Å²) in [6.45, 7) is 1.88. The highest BCUT2D eigenvalue weighted by Crippen LogP contribution is 2.39. The van der Waals surface area contributed by atoms with Crippen LogP contribution in [0.4, 0.5) is 5.82 Å². The summed E-state index contributed by atoms with van der Waals surface area (Å²) in [6, 6.07) is -1.09. The van der Waals surface area contributed by atoms with E-state index in [1.807, 2.05) is 0 Å². The van der Waals surface area contributed by atoms with Crippen LogP contribution in [0.15, 0.2) is 6.33 Å². The lowest BCUT2D eigenvalue weighted by atomic mass is 9.99. The zero-order valence-electron chi connectivity index (χ0n) is 15.8. The van der Waals surface area contributed by atoms with Crippen LogP contribution in [-0.4, -0.2) is 74.5 Å². The maximum Gasteiger partial charge on any atom is 0.362 e. The molecule has 1 saturated heterocycles. The van der Waals surface area contributed by atoms with Crippen LogP contribution in [0.2, 0.25) is 5.28 Å². The number of fused-ring (bicyclic) bond motifs is 1. The van der Waals surface area contributed by atoms with E-state index in [1.54, 1.807) is 4.72 Å². The molecule has 1 aliphatic rings. The Morgan fingerprint density at radius 2 is 2.17 bits per heavy atom. The fourth-order valence-electron chi connectivity index (χ4n) is 2.81.